The van der Waals surface area contributed by atoms with Crippen molar-refractivity contribution in [2.75, 3.05) is 13.1 Å². The van der Waals surface area contributed by atoms with Gasteiger partial charge in [-0.3, -0.25) is 0 Å². The highest BCUT2D eigenvalue weighted by atomic mass is 32.2. The predicted octanol–water partition coefficient (Wildman–Crippen LogP) is 1.43. The van der Waals surface area contributed by atoms with Gasteiger partial charge in [0.1, 0.15) is 0 Å². The van der Waals surface area contributed by atoms with Gasteiger partial charge >= 0.3 is 11.9 Å². The number of hydrogen-bond donors (Lipinski definition) is 2. The van der Waals surface area contributed by atoms with E-state index in [0.29, 0.717) is 4.24 Å². The van der Waals surface area contributed by atoms with Gasteiger partial charge in [0.25, 0.3) is 0 Å². The third kappa shape index (κ3) is 4.41. The maximum Gasteiger partial charge on any atom is 0.347 e. The van der Waals surface area contributed by atoms with E-state index in [2.05, 4.69) is 10.6 Å². The quantitative estimate of drug-likeness (QED) is 0.343. The summed E-state index contributed by atoms with van der Waals surface area (Å²) in [6.07, 6.45) is -0.574. The molecule has 0 spiro atoms. The van der Waals surface area contributed by atoms with Crippen molar-refractivity contribution in [3.63, 3.8) is 0 Å². The van der Waals surface area contributed by atoms with Crippen LogP contribution in [0.1, 0.15) is 27.7 Å². The molecule has 2 fully saturated rings. The van der Waals surface area contributed by atoms with Gasteiger partial charge in [-0.05, 0) is 27.7 Å². The molecule has 2 unspecified atom stereocenters. The van der Waals surface area contributed by atoms with E-state index in [1.807, 2.05) is 0 Å². The molecule has 2 aliphatic rings. The summed E-state index contributed by atoms with van der Waals surface area (Å²) in [6.45, 7) is 8.75. The van der Waals surface area contributed by atoms with Crippen LogP contribution in [-0.2, 0) is 19.1 Å². The molecule has 2 N–H and O–H groups in total. The predicted molar refractivity (Wildman–Crippen MR) is 88.2 cm³/mol. The number of carbonyl (C=O) groups excluding carboxylic acids is 2. The van der Waals surface area contributed by atoms with Gasteiger partial charge in [0.15, 0.2) is 5.57 Å². The number of esters is 2. The van der Waals surface area contributed by atoms with E-state index in [0.717, 1.165) is 13.1 Å². The molecule has 2 saturated heterocycles. The molecule has 124 valence electrons. The van der Waals surface area contributed by atoms with Gasteiger partial charge in [0, 0.05) is 13.1 Å². The molecule has 2 rings (SSSR count). The molecule has 0 saturated carbocycles. The Kier molecular flexibility index (Phi) is 6.19. The minimum atomic E-state index is -0.616. The lowest BCUT2D eigenvalue weighted by atomic mass is 10.3. The fourth-order valence-electron chi connectivity index (χ4n) is 2.02. The smallest absolute Gasteiger partial charge is 0.347 e. The third-order valence-corrected chi connectivity index (χ3v) is 5.83. The Morgan fingerprint density at radius 3 is 1.73 bits per heavy atom. The molecule has 0 radical (unpaired) electrons. The number of hydrogen-bond acceptors (Lipinski definition) is 8. The second-order valence-electron chi connectivity index (χ2n) is 5.56. The summed E-state index contributed by atoms with van der Waals surface area (Å²) in [6, 6.07) is 0. The third-order valence-electron chi connectivity index (χ3n) is 2.86. The SMILES string of the molecule is CC(C)OC(=O)C(C(=O)OC(C)C)=C1SC2NCCNC2S1. The van der Waals surface area contributed by atoms with Crippen LogP contribution < -0.4 is 10.6 Å². The summed E-state index contributed by atoms with van der Waals surface area (Å²) in [5.41, 5.74) is 0.00963. The largest absolute Gasteiger partial charge is 0.459 e. The second kappa shape index (κ2) is 7.72. The lowest BCUT2D eigenvalue weighted by Gasteiger charge is -2.25. The normalized spacial score (nSPS) is 24.4. The van der Waals surface area contributed by atoms with Crippen LogP contribution in [0.25, 0.3) is 0 Å². The minimum Gasteiger partial charge on any atom is -0.459 e. The number of piperazine rings is 1. The molecule has 0 aromatic heterocycles. The molecule has 2 atom stereocenters. The zero-order valence-electron chi connectivity index (χ0n) is 13.2. The number of ether oxygens (including phenoxy) is 2. The molecule has 8 heteroatoms. The summed E-state index contributed by atoms with van der Waals surface area (Å²) in [5.74, 6) is -1.23. The Hall–Kier alpha value is -0.700. The number of fused-ring (bicyclic) bond motifs is 1. The van der Waals surface area contributed by atoms with Gasteiger partial charge in [0.2, 0.25) is 0 Å². The monoisotopic (exact) mass is 346 g/mol. The summed E-state index contributed by atoms with van der Waals surface area (Å²) >= 11 is 2.96. The standard InChI is InChI=1S/C14H22N2O4S2/c1-7(2)19-12(17)9(13(18)20-8(3)4)14-21-10-11(22-14)16-6-5-15-10/h7-8,10-11,15-16H,5-6H2,1-4H3. The molecule has 0 aliphatic carbocycles. The van der Waals surface area contributed by atoms with Gasteiger partial charge in [-0.25, -0.2) is 9.59 Å². The van der Waals surface area contributed by atoms with E-state index in [-0.39, 0.29) is 28.5 Å². The van der Waals surface area contributed by atoms with Crippen molar-refractivity contribution in [1.82, 2.24) is 10.6 Å². The van der Waals surface area contributed by atoms with E-state index in [1.54, 1.807) is 27.7 Å². The molecule has 2 heterocycles. The van der Waals surface area contributed by atoms with Crippen molar-refractivity contribution < 1.29 is 19.1 Å². The molecule has 0 aromatic carbocycles. The number of carbonyl (C=O) groups is 2. The van der Waals surface area contributed by atoms with Crippen LogP contribution in [0, 0.1) is 0 Å². The van der Waals surface area contributed by atoms with E-state index in [1.165, 1.54) is 23.5 Å². The maximum atomic E-state index is 12.3. The van der Waals surface area contributed by atoms with Crippen molar-refractivity contribution >= 4 is 35.5 Å². The summed E-state index contributed by atoms with van der Waals surface area (Å²) in [7, 11) is 0. The maximum absolute atomic E-state index is 12.3. The number of nitrogens with one attached hydrogen (secondary N) is 2. The molecule has 6 nitrogen and oxygen atoms in total. The molecular formula is C14H22N2O4S2. The van der Waals surface area contributed by atoms with Gasteiger partial charge in [0.05, 0.1) is 27.2 Å². The molecule has 0 amide bonds. The van der Waals surface area contributed by atoms with E-state index in [9.17, 15) is 9.59 Å². The van der Waals surface area contributed by atoms with E-state index in [4.69, 9.17) is 9.47 Å². The lowest BCUT2D eigenvalue weighted by Crippen LogP contribution is -2.50. The van der Waals surface area contributed by atoms with Crippen LogP contribution in [0.5, 0.6) is 0 Å². The zero-order valence-corrected chi connectivity index (χ0v) is 14.8. The van der Waals surface area contributed by atoms with Gasteiger partial charge in [-0.2, -0.15) is 0 Å². The Labute approximate surface area is 139 Å². The summed E-state index contributed by atoms with van der Waals surface area (Å²) in [4.78, 5) is 24.6. The first-order valence-electron chi connectivity index (χ1n) is 7.34. The zero-order chi connectivity index (χ0) is 16.3. The van der Waals surface area contributed by atoms with Crippen LogP contribution in [-0.4, -0.2) is 48.0 Å². The van der Waals surface area contributed by atoms with E-state index < -0.39 is 11.9 Å². The first kappa shape index (κ1) is 17.7. The summed E-state index contributed by atoms with van der Waals surface area (Å²) < 4.78 is 11.1. The summed E-state index contributed by atoms with van der Waals surface area (Å²) in [5, 5.41) is 7.02. The fraction of sp³-hybridized carbons (Fsp3) is 0.714. The molecular weight excluding hydrogens is 324 g/mol. The topological polar surface area (TPSA) is 76.7 Å². The first-order valence-corrected chi connectivity index (χ1v) is 9.10. The van der Waals surface area contributed by atoms with Crippen molar-refractivity contribution in [2.45, 2.75) is 50.7 Å². The average Bonchev–Trinajstić information content (AvgIpc) is 2.79. The minimum absolute atomic E-state index is 0.00963. The van der Waals surface area contributed by atoms with E-state index >= 15 is 0 Å². The highest BCUT2D eigenvalue weighted by molar-refractivity contribution is 8.26. The van der Waals surface area contributed by atoms with Crippen molar-refractivity contribution in [1.29, 1.82) is 0 Å². The van der Waals surface area contributed by atoms with Crippen molar-refractivity contribution in [2.24, 2.45) is 0 Å². The van der Waals surface area contributed by atoms with Gasteiger partial charge in [-0.1, -0.05) is 23.5 Å². The average molecular weight is 346 g/mol. The lowest BCUT2D eigenvalue weighted by molar-refractivity contribution is -0.150. The van der Waals surface area contributed by atoms with Crippen LogP contribution in [0.4, 0.5) is 0 Å². The van der Waals surface area contributed by atoms with Crippen LogP contribution in [0.2, 0.25) is 0 Å². The Morgan fingerprint density at radius 1 is 0.955 bits per heavy atom. The van der Waals surface area contributed by atoms with Crippen LogP contribution >= 0.6 is 23.5 Å². The molecule has 0 aromatic rings. The van der Waals surface area contributed by atoms with Gasteiger partial charge in [-0.15, -0.1) is 0 Å². The van der Waals surface area contributed by atoms with Crippen LogP contribution in [0.15, 0.2) is 9.81 Å². The van der Waals surface area contributed by atoms with Crippen LogP contribution in [0.3, 0.4) is 0 Å². The molecule has 22 heavy (non-hydrogen) atoms. The highest BCUT2D eigenvalue weighted by Crippen LogP contribution is 2.47. The first-order chi connectivity index (χ1) is 10.4. The Bertz CT molecular complexity index is 439. The Balaban J connectivity index is 2.24. The Morgan fingerprint density at radius 2 is 1.36 bits per heavy atom. The molecule has 0 bridgehead atoms. The fourth-order valence-corrected chi connectivity index (χ4v) is 5.07. The number of thioether (sulfide) groups is 2. The second-order valence-corrected chi connectivity index (χ2v) is 8.12. The molecule has 2 aliphatic heterocycles. The number of rotatable bonds is 4. The highest BCUT2D eigenvalue weighted by Gasteiger charge is 2.39. The van der Waals surface area contributed by atoms with Crippen molar-refractivity contribution in [3.8, 4) is 0 Å². The van der Waals surface area contributed by atoms with Crippen molar-refractivity contribution in [3.05, 3.63) is 9.81 Å². The van der Waals surface area contributed by atoms with Gasteiger partial charge < -0.3 is 20.1 Å².